The number of aryl methyl sites for hydroxylation is 1. The fourth-order valence-electron chi connectivity index (χ4n) is 1.90. The summed E-state index contributed by atoms with van der Waals surface area (Å²) in [6, 6.07) is 9.09. The number of benzene rings is 1. The van der Waals surface area contributed by atoms with E-state index >= 15 is 0 Å². The summed E-state index contributed by atoms with van der Waals surface area (Å²) in [5.74, 6) is 0. The van der Waals surface area contributed by atoms with Gasteiger partial charge in [0.15, 0.2) is 0 Å². The van der Waals surface area contributed by atoms with Crippen LogP contribution in [0.15, 0.2) is 42.7 Å². The standard InChI is InChI=1S/C14H14ClNO/c1-10-7-8-16-9-13(10)14(2,17)11-3-5-12(15)6-4-11/h3-9,17H,1-2H3. The highest BCUT2D eigenvalue weighted by Crippen LogP contribution is 2.31. The topological polar surface area (TPSA) is 33.1 Å². The number of rotatable bonds is 2. The van der Waals surface area contributed by atoms with Crippen LogP contribution < -0.4 is 0 Å². The number of halogens is 1. The monoisotopic (exact) mass is 247 g/mol. The summed E-state index contributed by atoms with van der Waals surface area (Å²) < 4.78 is 0. The third-order valence-corrected chi connectivity index (χ3v) is 3.22. The Morgan fingerprint density at radius 2 is 1.82 bits per heavy atom. The normalized spacial score (nSPS) is 14.4. The van der Waals surface area contributed by atoms with Crippen molar-refractivity contribution in [3.63, 3.8) is 0 Å². The maximum atomic E-state index is 10.6. The first-order valence-electron chi connectivity index (χ1n) is 5.41. The van der Waals surface area contributed by atoms with Gasteiger partial charge in [0, 0.05) is 23.0 Å². The average molecular weight is 248 g/mol. The molecule has 1 aromatic carbocycles. The lowest BCUT2D eigenvalue weighted by atomic mass is 9.87. The molecule has 0 aliphatic heterocycles. The average Bonchev–Trinajstić information content (AvgIpc) is 2.30. The van der Waals surface area contributed by atoms with Gasteiger partial charge in [-0.2, -0.15) is 0 Å². The van der Waals surface area contributed by atoms with Crippen LogP contribution in [0.3, 0.4) is 0 Å². The molecule has 1 atom stereocenters. The Balaban J connectivity index is 2.49. The molecule has 0 spiro atoms. The molecular formula is C14H14ClNO. The van der Waals surface area contributed by atoms with E-state index in [1.807, 2.05) is 25.1 Å². The van der Waals surface area contributed by atoms with E-state index in [0.29, 0.717) is 5.02 Å². The van der Waals surface area contributed by atoms with Crippen molar-refractivity contribution >= 4 is 11.6 Å². The van der Waals surface area contributed by atoms with Crippen molar-refractivity contribution < 1.29 is 5.11 Å². The maximum absolute atomic E-state index is 10.6. The van der Waals surface area contributed by atoms with Gasteiger partial charge in [-0.25, -0.2) is 0 Å². The van der Waals surface area contributed by atoms with Crippen molar-refractivity contribution in [3.05, 3.63) is 64.4 Å². The molecule has 2 nitrogen and oxygen atoms in total. The molecule has 0 fully saturated rings. The molecule has 2 rings (SSSR count). The van der Waals surface area contributed by atoms with Gasteiger partial charge >= 0.3 is 0 Å². The second-order valence-electron chi connectivity index (χ2n) is 4.27. The number of aromatic nitrogens is 1. The van der Waals surface area contributed by atoms with E-state index in [-0.39, 0.29) is 0 Å². The summed E-state index contributed by atoms with van der Waals surface area (Å²) in [4.78, 5) is 4.07. The number of nitrogens with zero attached hydrogens (tertiary/aromatic N) is 1. The molecule has 0 saturated heterocycles. The zero-order valence-electron chi connectivity index (χ0n) is 9.81. The summed E-state index contributed by atoms with van der Waals surface area (Å²) >= 11 is 5.85. The van der Waals surface area contributed by atoms with Crippen molar-refractivity contribution in [1.82, 2.24) is 4.98 Å². The quantitative estimate of drug-likeness (QED) is 0.883. The lowest BCUT2D eigenvalue weighted by Crippen LogP contribution is -2.24. The van der Waals surface area contributed by atoms with Crippen LogP contribution in [0.5, 0.6) is 0 Å². The lowest BCUT2D eigenvalue weighted by molar-refractivity contribution is 0.101. The Bertz CT molecular complexity index is 520. The fourth-order valence-corrected chi connectivity index (χ4v) is 2.03. The molecule has 0 radical (unpaired) electrons. The van der Waals surface area contributed by atoms with Crippen LogP contribution in [0.1, 0.15) is 23.6 Å². The molecule has 2 aromatic rings. The van der Waals surface area contributed by atoms with E-state index < -0.39 is 5.60 Å². The Labute approximate surface area is 106 Å². The van der Waals surface area contributed by atoms with Crippen molar-refractivity contribution in [2.45, 2.75) is 19.4 Å². The van der Waals surface area contributed by atoms with Crippen LogP contribution in [-0.4, -0.2) is 10.1 Å². The molecule has 1 aromatic heterocycles. The Morgan fingerprint density at radius 1 is 1.18 bits per heavy atom. The van der Waals surface area contributed by atoms with Gasteiger partial charge in [0.2, 0.25) is 0 Å². The Kier molecular flexibility index (Phi) is 3.18. The Hall–Kier alpha value is -1.38. The lowest BCUT2D eigenvalue weighted by Gasteiger charge is -2.25. The number of aliphatic hydroxyl groups is 1. The van der Waals surface area contributed by atoms with E-state index in [9.17, 15) is 5.11 Å². The van der Waals surface area contributed by atoms with Crippen LogP contribution in [0.2, 0.25) is 5.02 Å². The molecule has 1 unspecified atom stereocenters. The van der Waals surface area contributed by atoms with Gasteiger partial charge in [-0.05, 0) is 43.2 Å². The van der Waals surface area contributed by atoms with Gasteiger partial charge < -0.3 is 5.11 Å². The SMILES string of the molecule is Cc1ccncc1C(C)(O)c1ccc(Cl)cc1. The molecule has 0 saturated carbocycles. The van der Waals surface area contributed by atoms with Gasteiger partial charge in [0.05, 0.1) is 0 Å². The van der Waals surface area contributed by atoms with Crippen LogP contribution >= 0.6 is 11.6 Å². The third-order valence-electron chi connectivity index (χ3n) is 2.97. The third kappa shape index (κ3) is 2.33. The first-order chi connectivity index (χ1) is 8.01. The van der Waals surface area contributed by atoms with Crippen molar-refractivity contribution in [2.75, 3.05) is 0 Å². The van der Waals surface area contributed by atoms with E-state index in [4.69, 9.17) is 11.6 Å². The van der Waals surface area contributed by atoms with Gasteiger partial charge in [0.25, 0.3) is 0 Å². The zero-order valence-corrected chi connectivity index (χ0v) is 10.6. The molecule has 88 valence electrons. The Morgan fingerprint density at radius 3 is 2.41 bits per heavy atom. The van der Waals surface area contributed by atoms with Crippen molar-refractivity contribution in [3.8, 4) is 0 Å². The summed E-state index contributed by atoms with van der Waals surface area (Å²) in [6.45, 7) is 3.72. The minimum absolute atomic E-state index is 0.660. The minimum Gasteiger partial charge on any atom is -0.381 e. The predicted octanol–water partition coefficient (Wildman–Crippen LogP) is 3.30. The summed E-state index contributed by atoms with van der Waals surface area (Å²) in [5.41, 5.74) is 1.57. The molecular weight excluding hydrogens is 234 g/mol. The summed E-state index contributed by atoms with van der Waals surface area (Å²) in [5, 5.41) is 11.3. The smallest absolute Gasteiger partial charge is 0.114 e. The van der Waals surface area contributed by atoms with Gasteiger partial charge in [-0.15, -0.1) is 0 Å². The molecule has 1 heterocycles. The van der Waals surface area contributed by atoms with E-state index in [2.05, 4.69) is 4.98 Å². The van der Waals surface area contributed by atoms with Crippen LogP contribution in [0.25, 0.3) is 0 Å². The highest BCUT2D eigenvalue weighted by molar-refractivity contribution is 6.30. The summed E-state index contributed by atoms with van der Waals surface area (Å²) in [6.07, 6.45) is 3.42. The van der Waals surface area contributed by atoms with Crippen LogP contribution in [0, 0.1) is 6.92 Å². The molecule has 1 N–H and O–H groups in total. The minimum atomic E-state index is -1.05. The first-order valence-corrected chi connectivity index (χ1v) is 5.79. The maximum Gasteiger partial charge on any atom is 0.114 e. The van der Waals surface area contributed by atoms with Crippen molar-refractivity contribution in [1.29, 1.82) is 0 Å². The van der Waals surface area contributed by atoms with Gasteiger partial charge in [0.1, 0.15) is 5.60 Å². The van der Waals surface area contributed by atoms with Crippen LogP contribution in [0.4, 0.5) is 0 Å². The molecule has 0 aliphatic rings. The van der Waals surface area contributed by atoms with E-state index in [1.54, 1.807) is 31.5 Å². The molecule has 0 bridgehead atoms. The number of pyridine rings is 1. The van der Waals surface area contributed by atoms with Gasteiger partial charge in [-0.1, -0.05) is 23.7 Å². The summed E-state index contributed by atoms with van der Waals surface area (Å²) in [7, 11) is 0. The molecule has 0 amide bonds. The largest absolute Gasteiger partial charge is 0.381 e. The zero-order chi connectivity index (χ0) is 12.5. The highest BCUT2D eigenvalue weighted by atomic mass is 35.5. The molecule has 0 aliphatic carbocycles. The molecule has 3 heteroatoms. The second kappa shape index (κ2) is 4.47. The highest BCUT2D eigenvalue weighted by Gasteiger charge is 2.27. The fraction of sp³-hybridized carbons (Fsp3) is 0.214. The van der Waals surface area contributed by atoms with Crippen LogP contribution in [-0.2, 0) is 5.60 Å². The van der Waals surface area contributed by atoms with Gasteiger partial charge in [-0.3, -0.25) is 4.98 Å². The van der Waals surface area contributed by atoms with E-state index in [1.165, 1.54) is 0 Å². The molecule has 17 heavy (non-hydrogen) atoms. The second-order valence-corrected chi connectivity index (χ2v) is 4.71. The van der Waals surface area contributed by atoms with E-state index in [0.717, 1.165) is 16.7 Å². The first kappa shape index (κ1) is 12.1. The number of hydrogen-bond acceptors (Lipinski definition) is 2. The predicted molar refractivity (Wildman–Crippen MR) is 69.1 cm³/mol. The van der Waals surface area contributed by atoms with Crippen molar-refractivity contribution in [2.24, 2.45) is 0 Å². The number of hydrogen-bond donors (Lipinski definition) is 1.